The Morgan fingerprint density at radius 3 is 2.62 bits per heavy atom. The van der Waals surface area contributed by atoms with Crippen LogP contribution in [0.3, 0.4) is 0 Å². The molecule has 8 nitrogen and oxygen atoms in total. The van der Waals surface area contributed by atoms with E-state index in [-0.39, 0.29) is 5.91 Å². The van der Waals surface area contributed by atoms with Crippen LogP contribution in [-0.2, 0) is 22.6 Å². The van der Waals surface area contributed by atoms with E-state index >= 15 is 0 Å². The normalized spacial score (nSPS) is 14.5. The number of carbonyl (C=O) groups is 1. The van der Waals surface area contributed by atoms with Gasteiger partial charge in [0.25, 0.3) is 5.91 Å². The van der Waals surface area contributed by atoms with Crippen LogP contribution >= 0.6 is 22.6 Å². The molecule has 1 fully saturated rings. The molecule has 248 valence electrons. The molecule has 3 heterocycles. The maximum atomic E-state index is 13.7. The zero-order valence-corrected chi connectivity index (χ0v) is 30.2. The summed E-state index contributed by atoms with van der Waals surface area (Å²) in [6, 6.07) is 14.6. The number of aromatic nitrogens is 3. The van der Waals surface area contributed by atoms with Crippen LogP contribution in [0.15, 0.2) is 101 Å². The fourth-order valence-corrected chi connectivity index (χ4v) is 6.23. The van der Waals surface area contributed by atoms with Gasteiger partial charge in [-0.25, -0.2) is 4.98 Å². The average molecular weight is 748 g/mol. The number of rotatable bonds is 14. The van der Waals surface area contributed by atoms with Crippen molar-refractivity contribution in [3.63, 3.8) is 0 Å². The quantitative estimate of drug-likeness (QED) is 0.0751. The number of methoxy groups -OCH3 is 1. The van der Waals surface area contributed by atoms with Gasteiger partial charge in [-0.2, -0.15) is 0 Å². The average Bonchev–Trinajstić information content (AvgIpc) is 3.71. The van der Waals surface area contributed by atoms with Crippen molar-refractivity contribution < 1.29 is 14.3 Å². The maximum Gasteiger partial charge on any atom is 0.255 e. The molecule has 4 aromatic rings. The second-order valence-electron chi connectivity index (χ2n) is 12.4. The molecule has 2 aromatic heterocycles. The minimum Gasteiger partial charge on any atom is -0.475 e. The van der Waals surface area contributed by atoms with E-state index in [4.69, 9.17) is 9.47 Å². The Bertz CT molecular complexity index is 1740. The summed E-state index contributed by atoms with van der Waals surface area (Å²) in [6.07, 6.45) is 14.3. The lowest BCUT2D eigenvalue weighted by molar-refractivity contribution is 0.0745. The molecule has 5 rings (SSSR count). The number of allylic oxidation sites excluding steroid dienone is 3. The van der Waals surface area contributed by atoms with E-state index in [1.165, 1.54) is 9.15 Å². The zero-order chi connectivity index (χ0) is 33.3. The number of likely N-dealkylation sites (tertiary alicyclic amines) is 1. The molecule has 0 radical (unpaired) electrons. The summed E-state index contributed by atoms with van der Waals surface area (Å²) in [4.78, 5) is 22.3. The molecule has 0 spiro atoms. The van der Waals surface area contributed by atoms with Crippen molar-refractivity contribution in [3.05, 3.63) is 112 Å². The molecule has 1 aliphatic heterocycles. The highest BCUT2D eigenvalue weighted by atomic mass is 127. The first kappa shape index (κ1) is 34.5. The highest BCUT2D eigenvalue weighted by Gasteiger charge is 2.23. The van der Waals surface area contributed by atoms with E-state index < -0.39 is 0 Å². The topological polar surface area (TPSA) is 64.8 Å². The number of piperidine rings is 1. The first-order valence-electron chi connectivity index (χ1n) is 16.2. The Morgan fingerprint density at radius 1 is 1.09 bits per heavy atom. The number of benzene rings is 2. The lowest BCUT2D eigenvalue weighted by atomic mass is 9.97. The smallest absolute Gasteiger partial charge is 0.255 e. The van der Waals surface area contributed by atoms with E-state index in [0.29, 0.717) is 37.8 Å². The molecule has 1 aliphatic rings. The van der Waals surface area contributed by atoms with Gasteiger partial charge < -0.3 is 28.4 Å². The number of halogens is 1. The summed E-state index contributed by atoms with van der Waals surface area (Å²) in [6.45, 7) is 13.3. The maximum absolute atomic E-state index is 13.7. The van der Waals surface area contributed by atoms with Crippen LogP contribution in [-0.4, -0.2) is 76.8 Å². The van der Waals surface area contributed by atoms with E-state index in [1.807, 2.05) is 37.9 Å². The summed E-state index contributed by atoms with van der Waals surface area (Å²) >= 11 is 2.31. The van der Waals surface area contributed by atoms with E-state index in [0.717, 1.165) is 66.0 Å². The Morgan fingerprint density at radius 2 is 1.85 bits per heavy atom. The first-order chi connectivity index (χ1) is 22.7. The number of hydrogen-bond donors (Lipinski definition) is 0. The van der Waals surface area contributed by atoms with E-state index in [1.54, 1.807) is 12.0 Å². The highest BCUT2D eigenvalue weighted by molar-refractivity contribution is 14.1. The number of imidazole rings is 1. The van der Waals surface area contributed by atoms with Gasteiger partial charge in [0.15, 0.2) is 5.88 Å². The Balaban J connectivity index is 1.27. The minimum atomic E-state index is -0.0201. The van der Waals surface area contributed by atoms with Crippen LogP contribution in [0.4, 0.5) is 0 Å². The third-order valence-corrected chi connectivity index (χ3v) is 9.16. The number of amides is 1. The molecule has 0 N–H and O–H groups in total. The molecule has 1 saturated heterocycles. The minimum absolute atomic E-state index is 0.0201. The van der Waals surface area contributed by atoms with Gasteiger partial charge in [-0.05, 0) is 87.3 Å². The summed E-state index contributed by atoms with van der Waals surface area (Å²) in [7, 11) is 3.48. The standard InChI is InChI=1S/C38H46IN5O3/c1-28(13-14-29(2)39)26-47-30(3)43-17-15-31(16-18-43)22-44-27-40-21-33(44)23-42-24-36(37(25-42)38(45)41(4)19-20-46-5)35-12-8-10-32-9-6-7-11-34(32)35/h6-14,21,24-25,27,31H,3,15-20,22-23,26H2,1-2,4-5H3/b28-13+,29-14+. The molecule has 0 saturated carbocycles. The van der Waals surface area contributed by atoms with Gasteiger partial charge in [0, 0.05) is 64.5 Å². The van der Waals surface area contributed by atoms with Gasteiger partial charge in [0.05, 0.1) is 30.7 Å². The van der Waals surface area contributed by atoms with Crippen LogP contribution in [0, 0.1) is 5.92 Å². The molecule has 9 heteroatoms. The van der Waals surface area contributed by atoms with Gasteiger partial charge >= 0.3 is 0 Å². The summed E-state index contributed by atoms with van der Waals surface area (Å²) < 4.78 is 16.9. The SMILES string of the molecule is C=C(OC/C(C)=C/C=C(\C)I)N1CCC(Cn2cncc2Cn2cc(C(=O)N(C)CCOC)c(-c3cccc4ccccc34)c2)CC1. The second kappa shape index (κ2) is 16.3. The third-order valence-electron chi connectivity index (χ3n) is 8.80. The molecule has 0 aliphatic carbocycles. The van der Waals surface area contributed by atoms with Gasteiger partial charge in [-0.15, -0.1) is 0 Å². The highest BCUT2D eigenvalue weighted by Crippen LogP contribution is 2.33. The molecular weight excluding hydrogens is 701 g/mol. The van der Waals surface area contributed by atoms with Crippen molar-refractivity contribution >= 4 is 39.3 Å². The van der Waals surface area contributed by atoms with Crippen molar-refractivity contribution in [2.75, 3.05) is 47.0 Å². The fourth-order valence-electron chi connectivity index (χ4n) is 6.05. The van der Waals surface area contributed by atoms with E-state index in [2.05, 4.69) is 111 Å². The van der Waals surface area contributed by atoms with Crippen molar-refractivity contribution in [2.45, 2.75) is 39.8 Å². The summed E-state index contributed by atoms with van der Waals surface area (Å²) in [5.74, 6) is 1.27. The zero-order valence-electron chi connectivity index (χ0n) is 28.0. The summed E-state index contributed by atoms with van der Waals surface area (Å²) in [5, 5.41) is 2.27. The third kappa shape index (κ3) is 8.96. The van der Waals surface area contributed by atoms with Crippen molar-refractivity contribution in [1.82, 2.24) is 23.9 Å². The molecule has 0 atom stereocenters. The predicted molar refractivity (Wildman–Crippen MR) is 198 cm³/mol. The van der Waals surface area contributed by atoms with Gasteiger partial charge in [0.1, 0.15) is 6.61 Å². The number of likely N-dealkylation sites (N-methyl/N-ethyl adjacent to an activating group) is 1. The van der Waals surface area contributed by atoms with Crippen LogP contribution in [0.1, 0.15) is 42.7 Å². The fraction of sp³-hybridized carbons (Fsp3) is 0.368. The molecule has 47 heavy (non-hydrogen) atoms. The lowest BCUT2D eigenvalue weighted by Gasteiger charge is -2.34. The Kier molecular flexibility index (Phi) is 12.0. The van der Waals surface area contributed by atoms with E-state index in [9.17, 15) is 4.79 Å². The van der Waals surface area contributed by atoms with Gasteiger partial charge in [0.2, 0.25) is 0 Å². The number of ether oxygens (including phenoxy) is 2. The number of carbonyl (C=O) groups excluding carboxylic acids is 1. The molecule has 0 bridgehead atoms. The largest absolute Gasteiger partial charge is 0.475 e. The van der Waals surface area contributed by atoms with Crippen LogP contribution in [0.25, 0.3) is 21.9 Å². The number of fused-ring (bicyclic) bond motifs is 1. The number of nitrogens with zero attached hydrogens (tertiary/aromatic N) is 5. The predicted octanol–water partition coefficient (Wildman–Crippen LogP) is 7.76. The second-order valence-corrected chi connectivity index (χ2v) is 14.1. The van der Waals surface area contributed by atoms with Gasteiger partial charge in [-0.3, -0.25) is 4.79 Å². The number of hydrogen-bond acceptors (Lipinski definition) is 5. The first-order valence-corrected chi connectivity index (χ1v) is 17.3. The van der Waals surface area contributed by atoms with Crippen molar-refractivity contribution in [1.29, 1.82) is 0 Å². The lowest BCUT2D eigenvalue weighted by Crippen LogP contribution is -2.35. The van der Waals surface area contributed by atoms with Crippen molar-refractivity contribution in [2.24, 2.45) is 5.92 Å². The van der Waals surface area contributed by atoms with Crippen molar-refractivity contribution in [3.8, 4) is 11.1 Å². The molecule has 2 aromatic carbocycles. The summed E-state index contributed by atoms with van der Waals surface area (Å²) in [5.41, 5.74) is 4.95. The molecular formula is C38H46IN5O3. The van der Waals surface area contributed by atoms with Crippen LogP contribution in [0.2, 0.25) is 0 Å². The van der Waals surface area contributed by atoms with Gasteiger partial charge in [-0.1, -0.05) is 54.6 Å². The Labute approximate surface area is 292 Å². The molecule has 0 unspecified atom stereocenters. The van der Waals surface area contributed by atoms with Crippen LogP contribution < -0.4 is 0 Å². The Hall–Kier alpha value is -3.83. The monoisotopic (exact) mass is 747 g/mol. The van der Waals surface area contributed by atoms with Crippen LogP contribution in [0.5, 0.6) is 0 Å². The molecule has 1 amide bonds.